The average Bonchev–Trinajstić information content (AvgIpc) is 2.61. The van der Waals surface area contributed by atoms with Crippen LogP contribution in [0.3, 0.4) is 0 Å². The summed E-state index contributed by atoms with van der Waals surface area (Å²) >= 11 is 0. The molecular weight excluding hydrogens is 328 g/mol. The van der Waals surface area contributed by atoms with Gasteiger partial charge in [0.15, 0.2) is 0 Å². The molecule has 0 spiro atoms. The summed E-state index contributed by atoms with van der Waals surface area (Å²) in [6, 6.07) is -0.963. The van der Waals surface area contributed by atoms with Gasteiger partial charge in [-0.15, -0.1) is 0 Å². The maximum absolute atomic E-state index is 12.7. The van der Waals surface area contributed by atoms with E-state index in [-0.39, 0.29) is 24.4 Å². The first kappa shape index (κ1) is 21.3. The van der Waals surface area contributed by atoms with Crippen molar-refractivity contribution in [1.29, 1.82) is 0 Å². The first-order chi connectivity index (χ1) is 11.9. The lowest BCUT2D eigenvalue weighted by Crippen LogP contribution is -2.56. The molecule has 144 valence electrons. The van der Waals surface area contributed by atoms with Crippen LogP contribution in [0.4, 0.5) is 0 Å². The lowest BCUT2D eigenvalue weighted by molar-refractivity contribution is -0.136. The summed E-state index contributed by atoms with van der Waals surface area (Å²) in [6.45, 7) is 3.74. The van der Waals surface area contributed by atoms with Crippen molar-refractivity contribution in [2.24, 2.45) is 11.8 Å². The predicted molar refractivity (Wildman–Crippen MR) is 89.6 cm³/mol. The van der Waals surface area contributed by atoms with Gasteiger partial charge in [-0.2, -0.15) is 0 Å². The molecule has 0 heterocycles. The van der Waals surface area contributed by atoms with E-state index in [1.54, 1.807) is 5.48 Å². The van der Waals surface area contributed by atoms with E-state index in [4.69, 9.17) is 10.4 Å². The lowest BCUT2D eigenvalue weighted by atomic mass is 9.83. The van der Waals surface area contributed by atoms with Gasteiger partial charge in [0.25, 0.3) is 5.91 Å². The standard InChI is InChI=1S/C16H30N4O5/c1-3-6-10(2)14(17-9-13(21)19-24)16(23)18-12-8-5-4-7-11(12)15(22)20-25/h10-12,14,17,24-25H,3-9H2,1-2H3,(H,18,23)(H,19,21)(H,20,22). The smallest absolute Gasteiger partial charge is 0.257 e. The Hall–Kier alpha value is -1.71. The molecule has 0 aromatic heterocycles. The summed E-state index contributed by atoms with van der Waals surface area (Å²) in [5.41, 5.74) is 3.20. The van der Waals surface area contributed by atoms with Crippen LogP contribution in [-0.2, 0) is 14.4 Å². The number of nitrogens with one attached hydrogen (secondary N) is 4. The molecular formula is C16H30N4O5. The highest BCUT2D eigenvalue weighted by atomic mass is 16.5. The molecule has 0 saturated heterocycles. The molecule has 0 aromatic rings. The second-order valence-electron chi connectivity index (χ2n) is 6.64. The molecule has 9 nitrogen and oxygen atoms in total. The van der Waals surface area contributed by atoms with E-state index >= 15 is 0 Å². The van der Waals surface area contributed by atoms with E-state index in [2.05, 4.69) is 10.6 Å². The van der Waals surface area contributed by atoms with Crippen LogP contribution >= 0.6 is 0 Å². The normalized spacial score (nSPS) is 22.6. The van der Waals surface area contributed by atoms with Gasteiger partial charge in [0.05, 0.1) is 18.5 Å². The maximum Gasteiger partial charge on any atom is 0.257 e. The quantitative estimate of drug-likeness (QED) is 0.255. The SMILES string of the molecule is CCCC(C)C(NCC(=O)NO)C(=O)NC1CCCCC1C(=O)NO. The molecule has 25 heavy (non-hydrogen) atoms. The van der Waals surface area contributed by atoms with Crippen LogP contribution in [0.1, 0.15) is 52.4 Å². The fourth-order valence-electron chi connectivity index (χ4n) is 3.39. The van der Waals surface area contributed by atoms with Crippen LogP contribution in [0.15, 0.2) is 0 Å². The number of carbonyl (C=O) groups is 3. The monoisotopic (exact) mass is 358 g/mol. The van der Waals surface area contributed by atoms with Crippen molar-refractivity contribution < 1.29 is 24.8 Å². The molecule has 1 fully saturated rings. The maximum atomic E-state index is 12.7. The van der Waals surface area contributed by atoms with Gasteiger partial charge in [0.2, 0.25) is 11.8 Å². The average molecular weight is 358 g/mol. The zero-order valence-electron chi connectivity index (χ0n) is 14.9. The Kier molecular flexibility index (Phi) is 9.40. The van der Waals surface area contributed by atoms with Crippen molar-refractivity contribution in [1.82, 2.24) is 21.6 Å². The first-order valence-corrected chi connectivity index (χ1v) is 8.85. The minimum Gasteiger partial charge on any atom is -0.351 e. The van der Waals surface area contributed by atoms with Crippen molar-refractivity contribution in [3.8, 4) is 0 Å². The van der Waals surface area contributed by atoms with Gasteiger partial charge in [-0.25, -0.2) is 11.0 Å². The highest BCUT2D eigenvalue weighted by molar-refractivity contribution is 5.85. The van der Waals surface area contributed by atoms with E-state index < -0.39 is 23.8 Å². The number of hydrogen-bond donors (Lipinski definition) is 6. The molecule has 1 aliphatic carbocycles. The molecule has 0 radical (unpaired) electrons. The number of carbonyl (C=O) groups excluding carboxylic acids is 3. The van der Waals surface area contributed by atoms with Gasteiger partial charge >= 0.3 is 0 Å². The highest BCUT2D eigenvalue weighted by Gasteiger charge is 2.34. The van der Waals surface area contributed by atoms with Crippen molar-refractivity contribution in [2.75, 3.05) is 6.54 Å². The Morgan fingerprint density at radius 3 is 2.40 bits per heavy atom. The molecule has 3 amide bonds. The summed E-state index contributed by atoms with van der Waals surface area (Å²) in [5, 5.41) is 23.3. The molecule has 4 atom stereocenters. The van der Waals surface area contributed by atoms with Crippen molar-refractivity contribution in [3.63, 3.8) is 0 Å². The van der Waals surface area contributed by atoms with Gasteiger partial charge in [-0.1, -0.05) is 33.1 Å². The van der Waals surface area contributed by atoms with Crippen LogP contribution < -0.4 is 21.6 Å². The van der Waals surface area contributed by atoms with Crippen LogP contribution in [-0.4, -0.2) is 46.8 Å². The van der Waals surface area contributed by atoms with Gasteiger partial charge in [-0.05, 0) is 25.2 Å². The van der Waals surface area contributed by atoms with E-state index in [9.17, 15) is 14.4 Å². The molecule has 0 aliphatic heterocycles. The Balaban J connectivity index is 2.77. The molecule has 0 bridgehead atoms. The van der Waals surface area contributed by atoms with E-state index in [0.717, 1.165) is 25.7 Å². The molecule has 1 saturated carbocycles. The minimum atomic E-state index is -0.628. The van der Waals surface area contributed by atoms with E-state index in [0.29, 0.717) is 12.8 Å². The number of hydroxylamine groups is 2. The second-order valence-corrected chi connectivity index (χ2v) is 6.64. The van der Waals surface area contributed by atoms with E-state index in [1.165, 1.54) is 5.48 Å². The Bertz CT molecular complexity index is 460. The fraction of sp³-hybridized carbons (Fsp3) is 0.812. The van der Waals surface area contributed by atoms with Gasteiger partial charge in [-0.3, -0.25) is 30.1 Å². The topological polar surface area (TPSA) is 140 Å². The Labute approximate surface area is 147 Å². The molecule has 4 unspecified atom stereocenters. The van der Waals surface area contributed by atoms with Crippen LogP contribution in [0.25, 0.3) is 0 Å². The molecule has 9 heteroatoms. The lowest BCUT2D eigenvalue weighted by Gasteiger charge is -2.33. The zero-order valence-corrected chi connectivity index (χ0v) is 14.9. The highest BCUT2D eigenvalue weighted by Crippen LogP contribution is 2.25. The largest absolute Gasteiger partial charge is 0.351 e. The van der Waals surface area contributed by atoms with Crippen molar-refractivity contribution >= 4 is 17.7 Å². The minimum absolute atomic E-state index is 0.0230. The predicted octanol–water partition coefficient (Wildman–Crippen LogP) is 0.0666. The van der Waals surface area contributed by atoms with Crippen molar-refractivity contribution in [2.45, 2.75) is 64.5 Å². The van der Waals surface area contributed by atoms with E-state index in [1.807, 2.05) is 13.8 Å². The summed E-state index contributed by atoms with van der Waals surface area (Å²) in [6.07, 6.45) is 4.71. The van der Waals surface area contributed by atoms with Gasteiger partial charge in [0.1, 0.15) is 0 Å². The molecule has 1 rings (SSSR count). The summed E-state index contributed by atoms with van der Waals surface area (Å²) in [5.74, 6) is -1.89. The summed E-state index contributed by atoms with van der Waals surface area (Å²) in [4.78, 5) is 35.8. The first-order valence-electron chi connectivity index (χ1n) is 8.85. The van der Waals surface area contributed by atoms with Gasteiger partial charge < -0.3 is 5.32 Å². The third-order valence-electron chi connectivity index (χ3n) is 4.74. The number of rotatable bonds is 9. The Morgan fingerprint density at radius 1 is 1.12 bits per heavy atom. The molecule has 6 N–H and O–H groups in total. The molecule has 1 aliphatic rings. The molecule has 0 aromatic carbocycles. The Morgan fingerprint density at radius 2 is 1.80 bits per heavy atom. The van der Waals surface area contributed by atoms with Crippen LogP contribution in [0, 0.1) is 11.8 Å². The van der Waals surface area contributed by atoms with Crippen LogP contribution in [0.2, 0.25) is 0 Å². The number of hydrogen-bond acceptors (Lipinski definition) is 6. The zero-order chi connectivity index (χ0) is 18.8. The van der Waals surface area contributed by atoms with Crippen molar-refractivity contribution in [3.05, 3.63) is 0 Å². The summed E-state index contributed by atoms with van der Waals surface area (Å²) in [7, 11) is 0. The fourth-order valence-corrected chi connectivity index (χ4v) is 3.39. The summed E-state index contributed by atoms with van der Waals surface area (Å²) < 4.78 is 0. The second kappa shape index (κ2) is 11.0. The van der Waals surface area contributed by atoms with Gasteiger partial charge in [0, 0.05) is 6.04 Å². The third-order valence-corrected chi connectivity index (χ3v) is 4.74. The third kappa shape index (κ3) is 6.60. The number of amides is 3. The van der Waals surface area contributed by atoms with Crippen LogP contribution in [0.5, 0.6) is 0 Å².